The summed E-state index contributed by atoms with van der Waals surface area (Å²) in [5, 5.41) is 5.54. The lowest BCUT2D eigenvalue weighted by atomic mass is 10.0. The molecule has 0 saturated heterocycles. The van der Waals surface area contributed by atoms with E-state index in [0.29, 0.717) is 11.4 Å². The lowest BCUT2D eigenvalue weighted by molar-refractivity contribution is -0.127. The Bertz CT molecular complexity index is 1230. The topological polar surface area (TPSA) is 95.6 Å². The van der Waals surface area contributed by atoms with E-state index in [1.54, 1.807) is 36.4 Å². The molecule has 2 N–H and O–H groups in total. The van der Waals surface area contributed by atoms with Gasteiger partial charge in [-0.2, -0.15) is 0 Å². The maximum Gasteiger partial charge on any atom is 0.264 e. The third-order valence-corrected chi connectivity index (χ3v) is 7.13. The third-order valence-electron chi connectivity index (χ3n) is 5.35. The average molecular weight is 480 g/mol. The van der Waals surface area contributed by atoms with Crippen LogP contribution in [0.2, 0.25) is 0 Å². The zero-order chi connectivity index (χ0) is 24.7. The number of carbonyl (C=O) groups is 2. The first kappa shape index (κ1) is 25.0. The normalized spacial score (nSPS) is 12.1. The average Bonchev–Trinajstić information content (AvgIpc) is 2.83. The number of hydrogen-bond acceptors (Lipinski definition) is 4. The van der Waals surface area contributed by atoms with Gasteiger partial charge in [0.1, 0.15) is 6.04 Å². The molecule has 3 rings (SSSR count). The van der Waals surface area contributed by atoms with Crippen LogP contribution in [-0.4, -0.2) is 33.3 Å². The fourth-order valence-corrected chi connectivity index (χ4v) is 4.67. The van der Waals surface area contributed by atoms with Gasteiger partial charge in [-0.1, -0.05) is 68.4 Å². The predicted octanol–water partition coefficient (Wildman–Crippen LogP) is 3.83. The molecule has 3 aromatic rings. The largest absolute Gasteiger partial charge is 0.344 e. The van der Waals surface area contributed by atoms with E-state index in [2.05, 4.69) is 10.6 Å². The molecule has 8 heteroatoms. The molecule has 0 saturated carbocycles. The van der Waals surface area contributed by atoms with Gasteiger partial charge in [-0.3, -0.25) is 13.9 Å². The fourth-order valence-electron chi connectivity index (χ4n) is 3.43. The Balaban J connectivity index is 1.73. The second-order valence-corrected chi connectivity index (χ2v) is 10.2. The van der Waals surface area contributed by atoms with Crippen LogP contribution < -0.4 is 14.9 Å². The van der Waals surface area contributed by atoms with Gasteiger partial charge in [-0.25, -0.2) is 8.42 Å². The summed E-state index contributed by atoms with van der Waals surface area (Å²) in [5.74, 6) is -0.848. The molecular weight excluding hydrogens is 450 g/mol. The molecule has 0 radical (unpaired) electrons. The minimum Gasteiger partial charge on any atom is -0.344 e. The van der Waals surface area contributed by atoms with Crippen LogP contribution in [0.5, 0.6) is 0 Å². The molecule has 0 unspecified atom stereocenters. The van der Waals surface area contributed by atoms with Gasteiger partial charge in [0.15, 0.2) is 0 Å². The van der Waals surface area contributed by atoms with Gasteiger partial charge in [0.05, 0.1) is 17.0 Å². The molecule has 0 aliphatic heterocycles. The van der Waals surface area contributed by atoms with Crippen molar-refractivity contribution < 1.29 is 18.0 Å². The molecular formula is C26H29N3O4S. The van der Waals surface area contributed by atoms with Crippen molar-refractivity contribution in [2.75, 3.05) is 16.7 Å². The molecule has 0 fully saturated rings. The summed E-state index contributed by atoms with van der Waals surface area (Å²) in [4.78, 5) is 25.5. The Hall–Kier alpha value is -3.65. The lowest BCUT2D eigenvalue weighted by Crippen LogP contribution is -2.47. The van der Waals surface area contributed by atoms with Crippen LogP contribution in [0.4, 0.5) is 11.4 Å². The van der Waals surface area contributed by atoms with Crippen LogP contribution in [0.1, 0.15) is 19.4 Å². The summed E-state index contributed by atoms with van der Waals surface area (Å²) in [7, 11) is -2.35. The number of hydrogen-bond donors (Lipinski definition) is 2. The summed E-state index contributed by atoms with van der Waals surface area (Å²) in [6, 6.07) is 23.3. The molecule has 2 amide bonds. The fraction of sp³-hybridized carbons (Fsp3) is 0.231. The number of para-hydroxylation sites is 1. The molecule has 7 nitrogen and oxygen atoms in total. The maximum atomic E-state index is 13.1. The smallest absolute Gasteiger partial charge is 0.264 e. The Kier molecular flexibility index (Phi) is 8.07. The van der Waals surface area contributed by atoms with Gasteiger partial charge in [0, 0.05) is 12.7 Å². The highest BCUT2D eigenvalue weighted by molar-refractivity contribution is 7.92. The van der Waals surface area contributed by atoms with Crippen molar-refractivity contribution in [3.63, 3.8) is 0 Å². The predicted molar refractivity (Wildman–Crippen MR) is 134 cm³/mol. The van der Waals surface area contributed by atoms with Crippen LogP contribution >= 0.6 is 0 Å². The van der Waals surface area contributed by atoms with E-state index in [1.165, 1.54) is 23.5 Å². The molecule has 0 bridgehead atoms. The third kappa shape index (κ3) is 6.23. The van der Waals surface area contributed by atoms with Crippen LogP contribution in [-0.2, 0) is 26.0 Å². The van der Waals surface area contributed by atoms with Crippen molar-refractivity contribution in [1.29, 1.82) is 0 Å². The van der Waals surface area contributed by atoms with Gasteiger partial charge in [-0.05, 0) is 41.8 Å². The van der Waals surface area contributed by atoms with E-state index < -0.39 is 22.0 Å². The van der Waals surface area contributed by atoms with Crippen molar-refractivity contribution in [1.82, 2.24) is 5.32 Å². The first-order chi connectivity index (χ1) is 16.2. The number of carbonyl (C=O) groups excluding carboxylic acids is 2. The van der Waals surface area contributed by atoms with Crippen LogP contribution in [0.3, 0.4) is 0 Å². The minimum absolute atomic E-state index is 0.0471. The van der Waals surface area contributed by atoms with E-state index in [0.717, 1.165) is 5.56 Å². The highest BCUT2D eigenvalue weighted by atomic mass is 32.2. The molecule has 0 aliphatic carbocycles. The number of nitrogens with zero attached hydrogens (tertiary/aromatic N) is 1. The quantitative estimate of drug-likeness (QED) is 0.488. The van der Waals surface area contributed by atoms with Crippen LogP contribution in [0.15, 0.2) is 89.8 Å². The molecule has 0 aliphatic rings. The Labute approximate surface area is 200 Å². The monoisotopic (exact) mass is 479 g/mol. The number of amides is 2. The van der Waals surface area contributed by atoms with Gasteiger partial charge >= 0.3 is 0 Å². The second-order valence-electron chi connectivity index (χ2n) is 8.28. The SMILES string of the molecule is CC(C)[C@H](NC(=O)Cc1ccccc1)C(=O)Nc1cccc(S(=O)(=O)N(C)c2ccccc2)c1. The van der Waals surface area contributed by atoms with E-state index in [4.69, 9.17) is 0 Å². The van der Waals surface area contributed by atoms with Crippen molar-refractivity contribution in [3.05, 3.63) is 90.5 Å². The van der Waals surface area contributed by atoms with Crippen LogP contribution in [0, 0.1) is 5.92 Å². The summed E-state index contributed by atoms with van der Waals surface area (Å²) in [6.07, 6.45) is 0.164. The van der Waals surface area contributed by atoms with Gasteiger partial charge in [0.2, 0.25) is 11.8 Å². The number of benzene rings is 3. The van der Waals surface area contributed by atoms with E-state index in [1.807, 2.05) is 50.2 Å². The van der Waals surface area contributed by atoms with Crippen molar-refractivity contribution in [2.24, 2.45) is 5.92 Å². The minimum atomic E-state index is -3.83. The van der Waals surface area contributed by atoms with Crippen LogP contribution in [0.25, 0.3) is 0 Å². The first-order valence-corrected chi connectivity index (χ1v) is 12.4. The number of nitrogens with one attached hydrogen (secondary N) is 2. The van der Waals surface area contributed by atoms with Gasteiger partial charge < -0.3 is 10.6 Å². The number of anilines is 2. The zero-order valence-corrected chi connectivity index (χ0v) is 20.2. The number of rotatable bonds is 9. The lowest BCUT2D eigenvalue weighted by Gasteiger charge is -2.22. The molecule has 0 spiro atoms. The maximum absolute atomic E-state index is 13.1. The number of sulfonamides is 1. The summed E-state index contributed by atoms with van der Waals surface area (Å²) < 4.78 is 27.4. The van der Waals surface area contributed by atoms with Crippen molar-refractivity contribution in [2.45, 2.75) is 31.2 Å². The highest BCUT2D eigenvalue weighted by Gasteiger charge is 2.26. The Morgan fingerprint density at radius 1 is 0.882 bits per heavy atom. The molecule has 3 aromatic carbocycles. The summed E-state index contributed by atoms with van der Waals surface area (Å²) >= 11 is 0. The Morgan fingerprint density at radius 2 is 1.50 bits per heavy atom. The van der Waals surface area contributed by atoms with E-state index >= 15 is 0 Å². The van der Waals surface area contributed by atoms with Gasteiger partial charge in [0.25, 0.3) is 10.0 Å². The van der Waals surface area contributed by atoms with Crippen molar-refractivity contribution >= 4 is 33.2 Å². The summed E-state index contributed by atoms with van der Waals surface area (Å²) in [5.41, 5.74) is 1.71. The Morgan fingerprint density at radius 3 is 2.12 bits per heavy atom. The molecule has 0 aromatic heterocycles. The van der Waals surface area contributed by atoms with Gasteiger partial charge in [-0.15, -0.1) is 0 Å². The first-order valence-electron chi connectivity index (χ1n) is 11.0. The standard InChI is InChI=1S/C26H29N3O4S/c1-19(2)25(28-24(30)17-20-11-6-4-7-12-20)26(31)27-21-13-10-16-23(18-21)34(32,33)29(3)22-14-8-5-9-15-22/h4-16,18-19,25H,17H2,1-3H3,(H,27,31)(H,28,30)/t25-/m0/s1. The van der Waals surface area contributed by atoms with E-state index in [-0.39, 0.29) is 23.1 Å². The second kappa shape index (κ2) is 11.0. The molecule has 178 valence electrons. The van der Waals surface area contributed by atoms with E-state index in [9.17, 15) is 18.0 Å². The summed E-state index contributed by atoms with van der Waals surface area (Å²) in [6.45, 7) is 3.67. The zero-order valence-electron chi connectivity index (χ0n) is 19.4. The molecule has 0 heterocycles. The molecule has 34 heavy (non-hydrogen) atoms. The van der Waals surface area contributed by atoms with Crippen molar-refractivity contribution in [3.8, 4) is 0 Å². The highest BCUT2D eigenvalue weighted by Crippen LogP contribution is 2.24. The molecule has 1 atom stereocenters.